The molecule has 2 fully saturated rings. The van der Waals surface area contributed by atoms with Gasteiger partial charge in [0.25, 0.3) is 5.92 Å². The Morgan fingerprint density at radius 1 is 1.14 bits per heavy atom. The highest BCUT2D eigenvalue weighted by Gasteiger charge is 2.37. The summed E-state index contributed by atoms with van der Waals surface area (Å²) in [7, 11) is -3.59. The van der Waals surface area contributed by atoms with Crippen molar-refractivity contribution in [3.8, 4) is 11.3 Å². The molecule has 1 amide bonds. The van der Waals surface area contributed by atoms with Crippen LogP contribution in [0.1, 0.15) is 42.5 Å². The number of carbonyl (C=O) groups excluding carboxylic acids is 1. The van der Waals surface area contributed by atoms with Gasteiger partial charge in [-0.2, -0.15) is 22.6 Å². The summed E-state index contributed by atoms with van der Waals surface area (Å²) in [6, 6.07) is 3.59. The van der Waals surface area contributed by atoms with Crippen molar-refractivity contribution in [3.05, 3.63) is 35.0 Å². The molecule has 3 N–H and O–H groups in total. The number of piperidine rings is 2. The van der Waals surface area contributed by atoms with Crippen LogP contribution in [0.15, 0.2) is 23.1 Å². The number of benzene rings is 1. The van der Waals surface area contributed by atoms with Crippen LogP contribution in [0.2, 0.25) is 0 Å². The number of β-amino-alcohol motifs (C(OH)–C–C–N with tert-alkyl or cyclic N) is 1. The van der Waals surface area contributed by atoms with E-state index in [1.165, 1.54) is 16.4 Å². The van der Waals surface area contributed by atoms with Gasteiger partial charge in [-0.1, -0.05) is 6.07 Å². The van der Waals surface area contributed by atoms with E-state index in [1.54, 1.807) is 9.58 Å². The fraction of sp³-hybridized carbons (Fsp3) is 0.677. The normalized spacial score (nSPS) is 20.7. The molecule has 274 valence electrons. The lowest BCUT2D eigenvalue weighted by Gasteiger charge is -2.33. The highest BCUT2D eigenvalue weighted by atomic mass is 32.2. The molecule has 49 heavy (non-hydrogen) atoms. The highest BCUT2D eigenvalue weighted by Crippen LogP contribution is 2.40. The third kappa shape index (κ3) is 9.92. The van der Waals surface area contributed by atoms with Gasteiger partial charge < -0.3 is 20.4 Å². The Hall–Kier alpha value is -2.35. The van der Waals surface area contributed by atoms with Crippen LogP contribution < -0.4 is 5.32 Å². The predicted octanol–water partition coefficient (Wildman–Crippen LogP) is 2.64. The van der Waals surface area contributed by atoms with Crippen LogP contribution in [0.3, 0.4) is 0 Å². The number of nitrogens with zero attached hydrogens (tertiary/aromatic N) is 5. The van der Waals surface area contributed by atoms with Crippen molar-refractivity contribution >= 4 is 27.7 Å². The fourth-order valence-electron chi connectivity index (χ4n) is 6.77. The number of fused-ring (bicyclic) bond motifs is 1. The van der Waals surface area contributed by atoms with Gasteiger partial charge in [0, 0.05) is 85.6 Å². The van der Waals surface area contributed by atoms with Crippen LogP contribution in [-0.4, -0.2) is 131 Å². The van der Waals surface area contributed by atoms with Crippen LogP contribution in [0.25, 0.3) is 11.3 Å². The molecule has 5 rings (SSSR count). The largest absolute Gasteiger partial charge is 0.417 e. The minimum absolute atomic E-state index is 0.0284. The Kier molecular flexibility index (Phi) is 12.0. The topological polar surface area (TPSA) is 131 Å². The maximum absolute atomic E-state index is 14.1. The molecular weight excluding hydrogens is 696 g/mol. The van der Waals surface area contributed by atoms with E-state index in [0.717, 1.165) is 24.1 Å². The monoisotopic (exact) mass is 738 g/mol. The van der Waals surface area contributed by atoms with E-state index in [2.05, 4.69) is 10.2 Å². The van der Waals surface area contributed by atoms with Crippen molar-refractivity contribution in [1.29, 1.82) is 0 Å². The van der Waals surface area contributed by atoms with Crippen LogP contribution in [0.4, 0.5) is 22.0 Å². The zero-order valence-corrected chi connectivity index (χ0v) is 28.9. The second-order valence-electron chi connectivity index (χ2n) is 13.0. The standard InChI is InChI=1S/C31H43F5N6O5S2/c1-49(46,47)41-12-7-26-24(18-41)29(38-42(26)17-23(44)16-39-10-5-22(6-11-39)37-28(45)19-43)21-3-4-25(31(34,35)36)27(15-21)48-14-13-40-9-2-8-30(32,33)20-40/h3-4,15,22-23,43-44H,2,5-14,16-20H2,1H3,(H,37,45). The van der Waals surface area contributed by atoms with E-state index in [1.807, 2.05) is 0 Å². The number of hydrogen-bond donors (Lipinski definition) is 3. The van der Waals surface area contributed by atoms with E-state index in [4.69, 9.17) is 10.2 Å². The Labute approximate surface area is 286 Å². The van der Waals surface area contributed by atoms with Crippen LogP contribution in [0.5, 0.6) is 0 Å². The average Bonchev–Trinajstić information content (AvgIpc) is 3.38. The molecule has 3 aliphatic heterocycles. The molecule has 1 aromatic heterocycles. The number of aromatic nitrogens is 2. The minimum Gasteiger partial charge on any atom is -0.390 e. The van der Waals surface area contributed by atoms with Crippen LogP contribution >= 0.6 is 11.8 Å². The molecule has 1 aromatic carbocycles. The number of hydrogen-bond acceptors (Lipinski definition) is 9. The second kappa shape index (κ2) is 15.5. The zero-order chi connectivity index (χ0) is 35.6. The van der Waals surface area contributed by atoms with Crippen molar-refractivity contribution in [2.45, 2.75) is 74.3 Å². The van der Waals surface area contributed by atoms with Crippen LogP contribution in [-0.2, 0) is 40.5 Å². The molecule has 2 aromatic rings. The molecule has 0 spiro atoms. The number of nitrogens with one attached hydrogen (secondary N) is 1. The van der Waals surface area contributed by atoms with E-state index in [9.17, 15) is 40.3 Å². The number of rotatable bonds is 12. The number of likely N-dealkylation sites (tertiary alicyclic amines) is 2. The third-order valence-electron chi connectivity index (χ3n) is 9.21. The van der Waals surface area contributed by atoms with Crippen LogP contribution in [0, 0.1) is 0 Å². The highest BCUT2D eigenvalue weighted by molar-refractivity contribution is 7.99. The van der Waals surface area contributed by atoms with Gasteiger partial charge in [0.1, 0.15) is 6.61 Å². The van der Waals surface area contributed by atoms with Gasteiger partial charge >= 0.3 is 6.18 Å². The molecule has 11 nitrogen and oxygen atoms in total. The lowest BCUT2D eigenvalue weighted by atomic mass is 10.0. The minimum atomic E-state index is -4.66. The summed E-state index contributed by atoms with van der Waals surface area (Å²) in [5.41, 5.74) is 1.07. The number of thioether (sulfide) groups is 1. The van der Waals surface area contributed by atoms with Gasteiger partial charge in [0.15, 0.2) is 0 Å². The lowest BCUT2D eigenvalue weighted by molar-refractivity contribution is -0.139. The van der Waals surface area contributed by atoms with Gasteiger partial charge in [0.2, 0.25) is 15.9 Å². The molecule has 1 unspecified atom stereocenters. The molecule has 0 radical (unpaired) electrons. The lowest BCUT2D eigenvalue weighted by Crippen LogP contribution is -2.47. The summed E-state index contributed by atoms with van der Waals surface area (Å²) < 4.78 is 97.9. The first kappa shape index (κ1) is 37.9. The van der Waals surface area contributed by atoms with Crippen molar-refractivity contribution in [3.63, 3.8) is 0 Å². The molecule has 4 heterocycles. The molecule has 2 saturated heterocycles. The Balaban J connectivity index is 1.36. The summed E-state index contributed by atoms with van der Waals surface area (Å²) in [6.45, 7) is 1.42. The number of alkyl halides is 5. The van der Waals surface area contributed by atoms with Crippen molar-refractivity contribution in [2.24, 2.45) is 0 Å². The number of aliphatic hydroxyl groups is 2. The number of aliphatic hydroxyl groups excluding tert-OH is 2. The van der Waals surface area contributed by atoms with Gasteiger partial charge in [-0.3, -0.25) is 14.4 Å². The van der Waals surface area contributed by atoms with E-state index < -0.39 is 52.8 Å². The maximum Gasteiger partial charge on any atom is 0.417 e. The van der Waals surface area contributed by atoms with E-state index in [-0.39, 0.29) is 49.3 Å². The Morgan fingerprint density at radius 2 is 1.88 bits per heavy atom. The van der Waals surface area contributed by atoms with Gasteiger partial charge in [-0.25, -0.2) is 17.2 Å². The molecule has 0 saturated carbocycles. The number of carbonyl (C=O) groups is 1. The number of amides is 1. The predicted molar refractivity (Wildman–Crippen MR) is 174 cm³/mol. The van der Waals surface area contributed by atoms with Crippen molar-refractivity contribution < 1.29 is 45.4 Å². The number of sulfonamides is 1. The van der Waals surface area contributed by atoms with Gasteiger partial charge in [-0.05, 0) is 37.9 Å². The first-order valence-corrected chi connectivity index (χ1v) is 19.1. The number of halogens is 5. The summed E-state index contributed by atoms with van der Waals surface area (Å²) in [5, 5.41) is 27.6. The van der Waals surface area contributed by atoms with Crippen molar-refractivity contribution in [2.75, 3.05) is 64.4 Å². The first-order chi connectivity index (χ1) is 23.0. The van der Waals surface area contributed by atoms with Crippen molar-refractivity contribution in [1.82, 2.24) is 29.2 Å². The zero-order valence-electron chi connectivity index (χ0n) is 27.3. The molecule has 0 aliphatic carbocycles. The van der Waals surface area contributed by atoms with E-state index >= 15 is 0 Å². The van der Waals surface area contributed by atoms with Gasteiger partial charge in [0.05, 0.1) is 36.7 Å². The molecular formula is C31H43F5N6O5S2. The molecule has 0 bridgehead atoms. The third-order valence-corrected chi connectivity index (χ3v) is 11.5. The molecule has 1 atom stereocenters. The van der Waals surface area contributed by atoms with Gasteiger partial charge in [-0.15, -0.1) is 11.8 Å². The second-order valence-corrected chi connectivity index (χ2v) is 16.2. The Morgan fingerprint density at radius 3 is 2.53 bits per heavy atom. The Bertz CT molecular complexity index is 1580. The SMILES string of the molecule is CS(=O)(=O)N1CCc2c(c(-c3ccc(C(F)(F)F)c(SCCN4CCCC(F)(F)C4)c3)nn2CC(O)CN2CCC(NC(=O)CO)CC2)C1. The molecule has 18 heteroatoms. The average molecular weight is 739 g/mol. The summed E-state index contributed by atoms with van der Waals surface area (Å²) >= 11 is 0.932. The summed E-state index contributed by atoms with van der Waals surface area (Å²) in [6.07, 6.45) is -2.72. The smallest absolute Gasteiger partial charge is 0.390 e. The maximum atomic E-state index is 14.1. The summed E-state index contributed by atoms with van der Waals surface area (Å²) in [4.78, 5) is 15.0. The first-order valence-electron chi connectivity index (χ1n) is 16.3. The van der Waals surface area contributed by atoms with E-state index in [0.29, 0.717) is 74.4 Å². The fourth-order valence-corrected chi connectivity index (χ4v) is 8.67. The summed E-state index contributed by atoms with van der Waals surface area (Å²) in [5.74, 6) is -3.09. The molecule has 3 aliphatic rings. The quantitative estimate of drug-likeness (QED) is 0.222.